The van der Waals surface area contributed by atoms with E-state index in [1.165, 1.54) is 0 Å². The first-order valence-corrected chi connectivity index (χ1v) is 8.72. The molecule has 0 saturated heterocycles. The van der Waals surface area contributed by atoms with Crippen molar-refractivity contribution in [3.05, 3.63) is 21.0 Å². The Morgan fingerprint density at radius 3 is 2.67 bits per heavy atom. The summed E-state index contributed by atoms with van der Waals surface area (Å²) in [5, 5.41) is 12.9. The van der Waals surface area contributed by atoms with Crippen LogP contribution in [0, 0.1) is 17.3 Å². The third kappa shape index (κ3) is 3.54. The second-order valence-corrected chi connectivity index (χ2v) is 7.97. The number of rotatable bonds is 4. The Kier molecular flexibility index (Phi) is 5.21. The third-order valence-corrected chi connectivity index (χ3v) is 6.68. The van der Waals surface area contributed by atoms with E-state index < -0.39 is 5.97 Å². The minimum atomic E-state index is -0.677. The number of hydrogen-bond acceptors (Lipinski definition) is 3. The van der Waals surface area contributed by atoms with Gasteiger partial charge in [-0.05, 0) is 62.1 Å². The first-order valence-electron chi connectivity index (χ1n) is 7.13. The van der Waals surface area contributed by atoms with Gasteiger partial charge in [0.05, 0.1) is 16.9 Å². The van der Waals surface area contributed by atoms with Crippen molar-refractivity contribution in [3.63, 3.8) is 0 Å². The molecule has 0 aromatic carbocycles. The van der Waals surface area contributed by atoms with Gasteiger partial charge in [0, 0.05) is 6.04 Å². The van der Waals surface area contributed by atoms with Crippen molar-refractivity contribution in [1.29, 1.82) is 0 Å². The van der Waals surface area contributed by atoms with Gasteiger partial charge in [-0.1, -0.05) is 20.8 Å². The zero-order chi connectivity index (χ0) is 15.8. The molecule has 3 atom stereocenters. The number of carboxylic acids is 1. The molecule has 1 aromatic heterocycles. The molecule has 1 aromatic rings. The summed E-state index contributed by atoms with van der Waals surface area (Å²) in [5.41, 5.74) is -0.216. The van der Waals surface area contributed by atoms with Crippen molar-refractivity contribution in [1.82, 2.24) is 5.32 Å². The fraction of sp³-hybridized carbons (Fsp3) is 0.667. The van der Waals surface area contributed by atoms with Crippen LogP contribution in [0.2, 0.25) is 0 Å². The van der Waals surface area contributed by atoms with E-state index in [2.05, 4.69) is 57.9 Å². The fourth-order valence-corrected chi connectivity index (χ4v) is 3.89. The average molecular weight is 423 g/mol. The Balaban J connectivity index is 2.00. The van der Waals surface area contributed by atoms with Gasteiger partial charge in [0.2, 0.25) is 0 Å². The second kappa shape index (κ2) is 6.42. The summed E-state index contributed by atoms with van der Waals surface area (Å²) in [6.45, 7) is 6.91. The molecule has 21 heavy (non-hydrogen) atoms. The summed E-state index contributed by atoms with van der Waals surface area (Å²) in [6, 6.07) is 2.24. The third-order valence-electron chi connectivity index (χ3n) is 4.97. The molecule has 6 heteroatoms. The summed E-state index contributed by atoms with van der Waals surface area (Å²) < 4.78 is 7.17. The molecule has 118 valence electrons. The highest BCUT2D eigenvalue weighted by Gasteiger charge is 2.46. The monoisotopic (exact) mass is 421 g/mol. The Labute approximate surface area is 141 Å². The van der Waals surface area contributed by atoms with Crippen molar-refractivity contribution in [2.75, 3.05) is 0 Å². The van der Waals surface area contributed by atoms with E-state index in [9.17, 15) is 9.90 Å². The zero-order valence-corrected chi connectivity index (χ0v) is 15.6. The summed E-state index contributed by atoms with van der Waals surface area (Å²) in [7, 11) is 0. The molecule has 1 aliphatic carbocycles. The zero-order valence-electron chi connectivity index (χ0n) is 12.5. The molecule has 1 heterocycles. The second-order valence-electron chi connectivity index (χ2n) is 6.40. The van der Waals surface area contributed by atoms with Gasteiger partial charge in [-0.3, -0.25) is 4.79 Å². The lowest BCUT2D eigenvalue weighted by Gasteiger charge is -2.46. The molecule has 1 saturated carbocycles. The number of halogens is 2. The lowest BCUT2D eigenvalue weighted by molar-refractivity contribution is -0.150. The van der Waals surface area contributed by atoms with Gasteiger partial charge >= 0.3 is 5.97 Å². The lowest BCUT2D eigenvalue weighted by Crippen LogP contribution is -2.50. The maximum absolute atomic E-state index is 11.4. The van der Waals surface area contributed by atoms with Crippen LogP contribution in [0.25, 0.3) is 0 Å². The van der Waals surface area contributed by atoms with E-state index >= 15 is 0 Å². The highest BCUT2D eigenvalue weighted by Crippen LogP contribution is 2.45. The van der Waals surface area contributed by atoms with E-state index in [4.69, 9.17) is 4.42 Å². The van der Waals surface area contributed by atoms with Gasteiger partial charge in [0.15, 0.2) is 4.67 Å². The predicted molar refractivity (Wildman–Crippen MR) is 88.0 cm³/mol. The van der Waals surface area contributed by atoms with Gasteiger partial charge in [-0.15, -0.1) is 0 Å². The number of carboxylic acid groups (broad SMARTS) is 1. The van der Waals surface area contributed by atoms with Crippen molar-refractivity contribution < 1.29 is 14.3 Å². The molecule has 0 amide bonds. The van der Waals surface area contributed by atoms with Crippen molar-refractivity contribution in [2.45, 2.75) is 46.2 Å². The molecule has 1 aliphatic rings. The molecule has 2 rings (SSSR count). The number of carbonyl (C=O) groups is 1. The first-order chi connectivity index (χ1) is 9.73. The molecule has 0 bridgehead atoms. The van der Waals surface area contributed by atoms with E-state index in [1.54, 1.807) is 0 Å². The van der Waals surface area contributed by atoms with E-state index in [0.717, 1.165) is 23.1 Å². The summed E-state index contributed by atoms with van der Waals surface area (Å²) in [4.78, 5) is 11.4. The minimum Gasteiger partial charge on any atom is -0.481 e. The molecule has 4 nitrogen and oxygen atoms in total. The largest absolute Gasteiger partial charge is 0.481 e. The fourth-order valence-electron chi connectivity index (χ4n) is 3.23. The van der Waals surface area contributed by atoms with Crippen LogP contribution in [-0.4, -0.2) is 17.1 Å². The lowest BCUT2D eigenvalue weighted by atomic mass is 9.61. The number of furan rings is 1. The van der Waals surface area contributed by atoms with E-state index in [-0.39, 0.29) is 17.3 Å². The van der Waals surface area contributed by atoms with Gasteiger partial charge in [0.1, 0.15) is 5.76 Å². The summed E-state index contributed by atoms with van der Waals surface area (Å²) in [5.74, 6) is 0.204. The average Bonchev–Trinajstić information content (AvgIpc) is 2.70. The molecule has 0 radical (unpaired) electrons. The van der Waals surface area contributed by atoms with Crippen molar-refractivity contribution in [2.24, 2.45) is 17.3 Å². The molecule has 3 unspecified atom stereocenters. The van der Waals surface area contributed by atoms with Crippen LogP contribution in [0.3, 0.4) is 0 Å². The van der Waals surface area contributed by atoms with Crippen LogP contribution in [0.15, 0.2) is 19.6 Å². The van der Waals surface area contributed by atoms with Crippen molar-refractivity contribution in [3.8, 4) is 0 Å². The first kappa shape index (κ1) is 17.0. The highest BCUT2D eigenvalue weighted by molar-refractivity contribution is 9.13. The normalized spacial score (nSPS) is 28.5. The number of aliphatic carboxylic acids is 1. The van der Waals surface area contributed by atoms with Crippen LogP contribution in [-0.2, 0) is 11.3 Å². The molecule has 0 aliphatic heterocycles. The summed E-state index contributed by atoms with van der Waals surface area (Å²) in [6.07, 6.45) is 1.60. The smallest absolute Gasteiger partial charge is 0.307 e. The van der Waals surface area contributed by atoms with Gasteiger partial charge in [-0.2, -0.15) is 0 Å². The topological polar surface area (TPSA) is 62.5 Å². The molecule has 0 spiro atoms. The molecule has 2 N–H and O–H groups in total. The Hall–Kier alpha value is -0.330. The van der Waals surface area contributed by atoms with Crippen molar-refractivity contribution >= 4 is 37.8 Å². The van der Waals surface area contributed by atoms with E-state index in [1.807, 2.05) is 6.07 Å². The van der Waals surface area contributed by atoms with Crippen LogP contribution < -0.4 is 5.32 Å². The maximum Gasteiger partial charge on any atom is 0.307 e. The van der Waals surface area contributed by atoms with Crippen LogP contribution in [0.5, 0.6) is 0 Å². The molecular formula is C15H21Br2NO3. The van der Waals surface area contributed by atoms with Gasteiger partial charge in [-0.25, -0.2) is 0 Å². The predicted octanol–water partition coefficient (Wildman–Crippen LogP) is 4.42. The SMILES string of the molecule is CC1C(NCc2cc(Br)c(Br)o2)CCC(C(=O)O)C1(C)C. The van der Waals surface area contributed by atoms with Crippen LogP contribution in [0.1, 0.15) is 39.4 Å². The van der Waals surface area contributed by atoms with Gasteiger partial charge in [0.25, 0.3) is 0 Å². The number of hydrogen-bond donors (Lipinski definition) is 2. The Bertz CT molecular complexity index is 507. The minimum absolute atomic E-state index is 0.216. The van der Waals surface area contributed by atoms with Crippen LogP contribution in [0.4, 0.5) is 0 Å². The quantitative estimate of drug-likeness (QED) is 0.753. The Morgan fingerprint density at radius 1 is 1.48 bits per heavy atom. The molecule has 1 fully saturated rings. The highest BCUT2D eigenvalue weighted by atomic mass is 79.9. The van der Waals surface area contributed by atoms with E-state index in [0.29, 0.717) is 17.3 Å². The molecular weight excluding hydrogens is 402 g/mol. The number of nitrogens with one attached hydrogen (secondary N) is 1. The van der Waals surface area contributed by atoms with Gasteiger partial charge < -0.3 is 14.8 Å². The van der Waals surface area contributed by atoms with Crippen LogP contribution >= 0.6 is 31.9 Å². The Morgan fingerprint density at radius 2 is 2.14 bits per heavy atom. The standard InChI is InChI=1S/C15H21Br2NO3/c1-8-12(5-4-10(14(19)20)15(8,2)3)18-7-9-6-11(16)13(17)21-9/h6,8,10,12,18H,4-5,7H2,1-3H3,(H,19,20). The maximum atomic E-state index is 11.4. The summed E-state index contributed by atoms with van der Waals surface area (Å²) >= 11 is 6.73.